The standard InChI is InChI=1S/C22H25N7OS2/c1-13-7-8-15-16(9-13)32-20-18(15)19-24-12-25-29(19)21-26-27-22(28(20)21)31-11-17(30)23-10-14-5-3-2-4-6-14/h2-6,13,19,24-25H,7-12H2,1H3,(H,23,30)/t13-,19?/m0/s1. The molecule has 10 heteroatoms. The van der Waals surface area contributed by atoms with E-state index < -0.39 is 0 Å². The third kappa shape index (κ3) is 3.42. The smallest absolute Gasteiger partial charge is 0.249 e. The maximum Gasteiger partial charge on any atom is 0.249 e. The highest BCUT2D eigenvalue weighted by atomic mass is 32.2. The maximum absolute atomic E-state index is 12.5. The molecule has 8 nitrogen and oxygen atoms in total. The SMILES string of the molecule is C[C@H]1CCc2c(sc3c2C2NCNN2c2nnc(SCC(=O)NCc4ccccc4)n2-3)C1. The van der Waals surface area contributed by atoms with Gasteiger partial charge in [0.2, 0.25) is 11.9 Å². The van der Waals surface area contributed by atoms with E-state index in [0.717, 1.165) is 35.4 Å². The normalized spacial score (nSPS) is 21.0. The van der Waals surface area contributed by atoms with E-state index in [1.165, 1.54) is 39.2 Å². The molecule has 2 aromatic heterocycles. The van der Waals surface area contributed by atoms with Crippen LogP contribution in [0.5, 0.6) is 0 Å². The van der Waals surface area contributed by atoms with E-state index in [1.54, 1.807) is 0 Å². The van der Waals surface area contributed by atoms with Crippen LogP contribution in [0.4, 0.5) is 5.95 Å². The molecule has 0 radical (unpaired) electrons. The topological polar surface area (TPSA) is 87.1 Å². The minimum atomic E-state index is -0.00891. The van der Waals surface area contributed by atoms with Crippen LogP contribution in [-0.4, -0.2) is 33.1 Å². The van der Waals surface area contributed by atoms with Gasteiger partial charge >= 0.3 is 0 Å². The first-order valence-electron chi connectivity index (χ1n) is 11.0. The monoisotopic (exact) mass is 467 g/mol. The van der Waals surface area contributed by atoms with Gasteiger partial charge in [-0.1, -0.05) is 49.0 Å². The van der Waals surface area contributed by atoms with Crippen molar-refractivity contribution < 1.29 is 4.79 Å². The first-order valence-corrected chi connectivity index (χ1v) is 12.8. The molecule has 1 unspecified atom stereocenters. The molecule has 1 fully saturated rings. The zero-order valence-electron chi connectivity index (χ0n) is 17.8. The summed E-state index contributed by atoms with van der Waals surface area (Å²) in [6, 6.07) is 9.95. The molecule has 0 spiro atoms. The minimum Gasteiger partial charge on any atom is -0.351 e. The zero-order chi connectivity index (χ0) is 21.7. The van der Waals surface area contributed by atoms with Gasteiger partial charge in [0.1, 0.15) is 11.2 Å². The summed E-state index contributed by atoms with van der Waals surface area (Å²) in [4.78, 5) is 14.0. The predicted octanol–water partition coefficient (Wildman–Crippen LogP) is 2.75. The molecule has 1 amide bonds. The van der Waals surface area contributed by atoms with E-state index in [4.69, 9.17) is 0 Å². The Labute approximate surface area is 194 Å². The van der Waals surface area contributed by atoms with Gasteiger partial charge in [-0.05, 0) is 36.3 Å². The highest BCUT2D eigenvalue weighted by Crippen LogP contribution is 2.48. The highest BCUT2D eigenvalue weighted by molar-refractivity contribution is 7.99. The van der Waals surface area contributed by atoms with Crippen molar-refractivity contribution in [1.82, 2.24) is 30.8 Å². The number of rotatable bonds is 5. The third-order valence-electron chi connectivity index (χ3n) is 6.31. The first kappa shape index (κ1) is 20.2. The number of benzene rings is 1. The number of thioether (sulfide) groups is 1. The molecule has 3 aromatic rings. The van der Waals surface area contributed by atoms with Gasteiger partial charge in [0, 0.05) is 17.0 Å². The van der Waals surface area contributed by atoms with Crippen LogP contribution in [-0.2, 0) is 24.2 Å². The van der Waals surface area contributed by atoms with E-state index >= 15 is 0 Å². The molecule has 3 aliphatic rings. The fourth-order valence-electron chi connectivity index (χ4n) is 4.70. The van der Waals surface area contributed by atoms with Gasteiger partial charge in [0.05, 0.1) is 12.4 Å². The van der Waals surface area contributed by atoms with Gasteiger partial charge in [-0.3, -0.25) is 15.1 Å². The molecule has 0 bridgehead atoms. The Bertz CT molecular complexity index is 1160. The van der Waals surface area contributed by atoms with E-state index in [9.17, 15) is 4.79 Å². The third-order valence-corrected chi connectivity index (χ3v) is 8.49. The fourth-order valence-corrected chi connectivity index (χ4v) is 7.06. The lowest BCUT2D eigenvalue weighted by Gasteiger charge is -2.31. The van der Waals surface area contributed by atoms with Crippen molar-refractivity contribution in [3.63, 3.8) is 0 Å². The van der Waals surface area contributed by atoms with Crippen molar-refractivity contribution in [3.8, 4) is 5.00 Å². The quantitative estimate of drug-likeness (QED) is 0.498. The average Bonchev–Trinajstić information content (AvgIpc) is 3.52. The van der Waals surface area contributed by atoms with Crippen molar-refractivity contribution in [2.24, 2.45) is 5.92 Å². The summed E-state index contributed by atoms with van der Waals surface area (Å²) in [7, 11) is 0. The predicted molar refractivity (Wildman–Crippen MR) is 126 cm³/mol. The van der Waals surface area contributed by atoms with Crippen LogP contribution < -0.4 is 21.1 Å². The first-order chi connectivity index (χ1) is 15.7. The Hall–Kier alpha value is -2.40. The van der Waals surface area contributed by atoms with Crippen molar-refractivity contribution in [2.45, 2.75) is 44.1 Å². The van der Waals surface area contributed by atoms with Gasteiger partial charge in [0.15, 0.2) is 5.16 Å². The number of nitrogens with one attached hydrogen (secondary N) is 3. The van der Waals surface area contributed by atoms with E-state index in [0.29, 0.717) is 19.0 Å². The van der Waals surface area contributed by atoms with Gasteiger partial charge in [-0.25, -0.2) is 9.99 Å². The van der Waals surface area contributed by atoms with Crippen molar-refractivity contribution >= 4 is 35.0 Å². The summed E-state index contributed by atoms with van der Waals surface area (Å²) < 4.78 is 2.13. The molecule has 2 aliphatic heterocycles. The largest absolute Gasteiger partial charge is 0.351 e. The molecule has 6 rings (SSSR count). The number of carbonyl (C=O) groups excluding carboxylic acids is 1. The highest BCUT2D eigenvalue weighted by Gasteiger charge is 2.42. The van der Waals surface area contributed by atoms with Crippen LogP contribution in [0, 0.1) is 5.92 Å². The Kier molecular flexibility index (Phi) is 5.17. The molecular weight excluding hydrogens is 442 g/mol. The van der Waals surface area contributed by atoms with Crippen molar-refractivity contribution in [3.05, 3.63) is 51.9 Å². The van der Waals surface area contributed by atoms with Crippen molar-refractivity contribution in [2.75, 3.05) is 17.4 Å². The van der Waals surface area contributed by atoms with Gasteiger partial charge in [-0.15, -0.1) is 21.5 Å². The minimum absolute atomic E-state index is 0.00891. The van der Waals surface area contributed by atoms with Crippen molar-refractivity contribution in [1.29, 1.82) is 0 Å². The van der Waals surface area contributed by atoms with Gasteiger partial charge in [0.25, 0.3) is 0 Å². The van der Waals surface area contributed by atoms with Crippen LogP contribution >= 0.6 is 23.1 Å². The lowest BCUT2D eigenvalue weighted by molar-refractivity contribution is -0.118. The lowest BCUT2D eigenvalue weighted by atomic mass is 9.87. The van der Waals surface area contributed by atoms with E-state index in [-0.39, 0.29) is 12.1 Å². The second-order valence-electron chi connectivity index (χ2n) is 8.55. The maximum atomic E-state index is 12.5. The van der Waals surface area contributed by atoms with Crippen LogP contribution in [0.25, 0.3) is 5.00 Å². The zero-order valence-corrected chi connectivity index (χ0v) is 19.4. The Balaban J connectivity index is 1.26. The van der Waals surface area contributed by atoms with E-state index in [2.05, 4.69) is 42.8 Å². The Morgan fingerprint density at radius 2 is 2.19 bits per heavy atom. The average molecular weight is 468 g/mol. The summed E-state index contributed by atoms with van der Waals surface area (Å²) in [6.45, 7) is 3.56. The van der Waals surface area contributed by atoms with Crippen LogP contribution in [0.1, 0.15) is 41.1 Å². The number of hydrogen-bond donors (Lipinski definition) is 3. The summed E-state index contributed by atoms with van der Waals surface area (Å²) in [5.74, 6) is 1.80. The second kappa shape index (κ2) is 8.18. The summed E-state index contributed by atoms with van der Waals surface area (Å²) in [5.41, 5.74) is 7.33. The number of carbonyl (C=O) groups is 1. The molecule has 32 heavy (non-hydrogen) atoms. The number of hydrazine groups is 1. The molecule has 1 saturated heterocycles. The molecule has 3 N–H and O–H groups in total. The molecular formula is C22H25N7OS2. The summed E-state index contributed by atoms with van der Waals surface area (Å²) in [6.07, 6.45) is 3.57. The van der Waals surface area contributed by atoms with E-state index in [1.807, 2.05) is 41.7 Å². The summed E-state index contributed by atoms with van der Waals surface area (Å²) in [5, 5.41) is 19.5. The number of amides is 1. The van der Waals surface area contributed by atoms with Gasteiger partial charge < -0.3 is 5.32 Å². The van der Waals surface area contributed by atoms with Gasteiger partial charge in [-0.2, -0.15) is 0 Å². The summed E-state index contributed by atoms with van der Waals surface area (Å²) >= 11 is 3.31. The number of anilines is 1. The lowest BCUT2D eigenvalue weighted by Crippen LogP contribution is -2.39. The number of aromatic nitrogens is 3. The van der Waals surface area contributed by atoms with Crippen LogP contribution in [0.15, 0.2) is 35.5 Å². The number of thiophene rings is 1. The Morgan fingerprint density at radius 3 is 3.06 bits per heavy atom. The molecule has 0 saturated carbocycles. The molecule has 2 atom stereocenters. The van der Waals surface area contributed by atoms with Crippen LogP contribution in [0.3, 0.4) is 0 Å². The molecule has 1 aliphatic carbocycles. The molecule has 1 aromatic carbocycles. The Morgan fingerprint density at radius 1 is 1.31 bits per heavy atom. The van der Waals surface area contributed by atoms with Crippen LogP contribution in [0.2, 0.25) is 0 Å². The molecule has 4 heterocycles. The number of nitrogens with zero attached hydrogens (tertiary/aromatic N) is 4. The number of hydrogen-bond acceptors (Lipinski definition) is 8. The number of fused-ring (bicyclic) bond motifs is 8. The second-order valence-corrected chi connectivity index (χ2v) is 10.6. The molecule has 166 valence electrons. The fraction of sp³-hybridized carbons (Fsp3) is 0.409.